The number of carboxylic acids is 1. The minimum Gasteiger partial charge on any atom is -0.481 e. The van der Waals surface area contributed by atoms with Gasteiger partial charge < -0.3 is 10.0 Å². The van der Waals surface area contributed by atoms with Crippen molar-refractivity contribution in [2.75, 3.05) is 13.1 Å². The molecule has 1 N–H and O–H groups in total. The molecule has 2 saturated carbocycles. The molecule has 2 atom stereocenters. The zero-order chi connectivity index (χ0) is 13.7. The highest BCUT2D eigenvalue weighted by atomic mass is 16.4. The maximum atomic E-state index is 12.7. The molecule has 0 spiro atoms. The van der Waals surface area contributed by atoms with E-state index in [0.717, 1.165) is 44.9 Å². The predicted molar refractivity (Wildman–Crippen MR) is 70.6 cm³/mol. The van der Waals surface area contributed by atoms with Gasteiger partial charge in [0, 0.05) is 18.5 Å². The van der Waals surface area contributed by atoms with Gasteiger partial charge in [0.05, 0.1) is 5.41 Å². The van der Waals surface area contributed by atoms with Crippen molar-refractivity contribution in [3.63, 3.8) is 0 Å². The predicted octanol–water partition coefficient (Wildman–Crippen LogP) is 2.28. The summed E-state index contributed by atoms with van der Waals surface area (Å²) in [7, 11) is 0. The van der Waals surface area contributed by atoms with E-state index < -0.39 is 11.4 Å². The summed E-state index contributed by atoms with van der Waals surface area (Å²) in [5, 5.41) is 9.57. The van der Waals surface area contributed by atoms with Crippen LogP contribution in [0, 0.1) is 16.7 Å². The van der Waals surface area contributed by atoms with Gasteiger partial charge in [-0.05, 0) is 38.0 Å². The third-order valence-corrected chi connectivity index (χ3v) is 6.02. The van der Waals surface area contributed by atoms with E-state index in [9.17, 15) is 14.7 Å². The second-order valence-electron chi connectivity index (χ2n) is 6.72. The smallest absolute Gasteiger partial charge is 0.311 e. The first-order valence-corrected chi connectivity index (χ1v) is 7.57. The van der Waals surface area contributed by atoms with Gasteiger partial charge in [-0.15, -0.1) is 0 Å². The van der Waals surface area contributed by atoms with Gasteiger partial charge in [-0.1, -0.05) is 19.8 Å². The van der Waals surface area contributed by atoms with Crippen molar-refractivity contribution in [3.8, 4) is 0 Å². The first kappa shape index (κ1) is 12.9. The number of hydrogen-bond acceptors (Lipinski definition) is 2. The molecule has 2 aliphatic carbocycles. The Hall–Kier alpha value is -1.06. The van der Waals surface area contributed by atoms with E-state index in [1.807, 2.05) is 4.90 Å². The van der Waals surface area contributed by atoms with Crippen LogP contribution in [0.2, 0.25) is 0 Å². The SMILES string of the molecule is CCC1(C(=O)N2C[C@@H]3CCC[C@@]3(C(=O)O)C2)CCC1. The lowest BCUT2D eigenvalue weighted by Crippen LogP contribution is -2.48. The van der Waals surface area contributed by atoms with E-state index in [2.05, 4.69) is 6.92 Å². The fraction of sp³-hybridized carbons (Fsp3) is 0.867. The molecule has 0 aromatic rings. The summed E-state index contributed by atoms with van der Waals surface area (Å²) in [6, 6.07) is 0. The summed E-state index contributed by atoms with van der Waals surface area (Å²) in [6.07, 6.45) is 6.73. The van der Waals surface area contributed by atoms with Crippen molar-refractivity contribution >= 4 is 11.9 Å². The van der Waals surface area contributed by atoms with Gasteiger partial charge in [0.2, 0.25) is 5.91 Å². The molecule has 1 heterocycles. The van der Waals surface area contributed by atoms with E-state index in [1.54, 1.807) is 0 Å². The Labute approximate surface area is 114 Å². The van der Waals surface area contributed by atoms with Crippen LogP contribution in [-0.4, -0.2) is 35.0 Å². The Morgan fingerprint density at radius 1 is 1.26 bits per heavy atom. The maximum Gasteiger partial charge on any atom is 0.311 e. The summed E-state index contributed by atoms with van der Waals surface area (Å²) in [4.78, 5) is 26.2. The van der Waals surface area contributed by atoms with Crippen molar-refractivity contribution in [1.29, 1.82) is 0 Å². The number of aliphatic carboxylic acids is 1. The minimum atomic E-state index is -0.690. The quantitative estimate of drug-likeness (QED) is 0.851. The Kier molecular flexibility index (Phi) is 2.88. The molecule has 4 nitrogen and oxygen atoms in total. The molecule has 0 bridgehead atoms. The molecule has 0 aromatic heterocycles. The van der Waals surface area contributed by atoms with Gasteiger partial charge in [-0.2, -0.15) is 0 Å². The molecule has 3 aliphatic rings. The second kappa shape index (κ2) is 4.22. The van der Waals surface area contributed by atoms with Crippen LogP contribution >= 0.6 is 0 Å². The number of carboxylic acid groups (broad SMARTS) is 1. The van der Waals surface area contributed by atoms with Crippen LogP contribution in [0.4, 0.5) is 0 Å². The fourth-order valence-corrected chi connectivity index (χ4v) is 4.45. The van der Waals surface area contributed by atoms with Crippen molar-refractivity contribution in [1.82, 2.24) is 4.90 Å². The zero-order valence-electron chi connectivity index (χ0n) is 11.7. The molecular formula is C15H23NO3. The van der Waals surface area contributed by atoms with Crippen molar-refractivity contribution in [2.45, 2.75) is 51.9 Å². The van der Waals surface area contributed by atoms with Gasteiger partial charge in [-0.25, -0.2) is 0 Å². The number of fused-ring (bicyclic) bond motifs is 1. The second-order valence-corrected chi connectivity index (χ2v) is 6.72. The van der Waals surface area contributed by atoms with Crippen molar-refractivity contribution in [2.24, 2.45) is 16.7 Å². The molecule has 0 aromatic carbocycles. The number of rotatable bonds is 3. The highest BCUT2D eigenvalue weighted by molar-refractivity contribution is 5.86. The van der Waals surface area contributed by atoms with E-state index in [1.165, 1.54) is 0 Å². The lowest BCUT2D eigenvalue weighted by atomic mass is 9.66. The van der Waals surface area contributed by atoms with Crippen LogP contribution in [0.5, 0.6) is 0 Å². The number of hydrogen-bond donors (Lipinski definition) is 1. The largest absolute Gasteiger partial charge is 0.481 e. The van der Waals surface area contributed by atoms with Gasteiger partial charge in [-0.3, -0.25) is 9.59 Å². The average Bonchev–Trinajstić information content (AvgIpc) is 2.84. The Balaban J connectivity index is 1.79. The Bertz CT molecular complexity index is 410. The molecule has 0 unspecified atom stereocenters. The molecule has 1 amide bonds. The van der Waals surface area contributed by atoms with E-state index in [0.29, 0.717) is 13.1 Å². The monoisotopic (exact) mass is 265 g/mol. The third kappa shape index (κ3) is 1.65. The molecule has 19 heavy (non-hydrogen) atoms. The lowest BCUT2D eigenvalue weighted by Gasteiger charge is -2.42. The molecule has 0 radical (unpaired) electrons. The molecular weight excluding hydrogens is 242 g/mol. The van der Waals surface area contributed by atoms with Crippen molar-refractivity contribution in [3.05, 3.63) is 0 Å². The summed E-state index contributed by atoms with van der Waals surface area (Å²) in [5.74, 6) is -0.274. The van der Waals surface area contributed by atoms with Crippen LogP contribution in [0.25, 0.3) is 0 Å². The van der Waals surface area contributed by atoms with Gasteiger partial charge in [0.1, 0.15) is 0 Å². The standard InChI is InChI=1S/C15H23NO3/c1-2-14(6-4-7-14)12(17)16-9-11-5-3-8-15(11,10-16)13(18)19/h11H,2-10H2,1H3,(H,18,19)/t11-,15+/m0/s1. The number of carbonyl (C=O) groups is 2. The molecule has 4 heteroatoms. The maximum absolute atomic E-state index is 12.7. The van der Waals surface area contributed by atoms with E-state index in [4.69, 9.17) is 0 Å². The number of carbonyl (C=O) groups excluding carboxylic acids is 1. The highest BCUT2D eigenvalue weighted by Gasteiger charge is 2.58. The van der Waals surface area contributed by atoms with E-state index >= 15 is 0 Å². The summed E-state index contributed by atoms with van der Waals surface area (Å²) in [6.45, 7) is 3.21. The van der Waals surface area contributed by atoms with Gasteiger partial charge >= 0.3 is 5.97 Å². The normalized spacial score (nSPS) is 35.8. The van der Waals surface area contributed by atoms with Crippen LogP contribution in [0.1, 0.15) is 51.9 Å². The first-order valence-electron chi connectivity index (χ1n) is 7.57. The molecule has 3 rings (SSSR count). The zero-order valence-corrected chi connectivity index (χ0v) is 11.7. The van der Waals surface area contributed by atoms with Crippen molar-refractivity contribution < 1.29 is 14.7 Å². The summed E-state index contributed by atoms with van der Waals surface area (Å²) in [5.41, 5.74) is -0.785. The topological polar surface area (TPSA) is 57.6 Å². The highest BCUT2D eigenvalue weighted by Crippen LogP contribution is 2.52. The molecule has 1 aliphatic heterocycles. The lowest BCUT2D eigenvalue weighted by molar-refractivity contribution is -0.151. The third-order valence-electron chi connectivity index (χ3n) is 6.02. The van der Waals surface area contributed by atoms with Crippen LogP contribution in [-0.2, 0) is 9.59 Å². The average molecular weight is 265 g/mol. The minimum absolute atomic E-state index is 0.154. The fourth-order valence-electron chi connectivity index (χ4n) is 4.45. The van der Waals surface area contributed by atoms with Crippen LogP contribution in [0.15, 0.2) is 0 Å². The summed E-state index contributed by atoms with van der Waals surface area (Å²) < 4.78 is 0. The van der Waals surface area contributed by atoms with Crippen LogP contribution in [0.3, 0.4) is 0 Å². The number of nitrogens with zero attached hydrogens (tertiary/aromatic N) is 1. The van der Waals surface area contributed by atoms with Gasteiger partial charge in [0.15, 0.2) is 0 Å². The van der Waals surface area contributed by atoms with Crippen LogP contribution < -0.4 is 0 Å². The van der Waals surface area contributed by atoms with E-state index in [-0.39, 0.29) is 17.2 Å². The van der Waals surface area contributed by atoms with Gasteiger partial charge in [0.25, 0.3) is 0 Å². The number of amides is 1. The Morgan fingerprint density at radius 2 is 2.00 bits per heavy atom. The summed E-state index contributed by atoms with van der Waals surface area (Å²) >= 11 is 0. The number of likely N-dealkylation sites (tertiary alicyclic amines) is 1. The molecule has 3 fully saturated rings. The molecule has 1 saturated heterocycles. The Morgan fingerprint density at radius 3 is 2.47 bits per heavy atom. The molecule has 106 valence electrons. The first-order chi connectivity index (χ1) is 9.04.